The lowest BCUT2D eigenvalue weighted by atomic mass is 9.86. The zero-order chi connectivity index (χ0) is 44.2. The standard InChI is InChI=1S/2C24H28ClN3O3/c2*1-3-6-16-9-10-19-22-21(23(30)26-4-2)18(14-29)20(13-28(19)24(16)31)27(22)12-15-7-5-8-17(25)11-15/h2*3,5-11,18,20-22,29H,4,12-14H2,1-2H3,(H,26,30)/b6-3+;6-3-/t2*18-,20-,21+,22+/m00/s1. The fourth-order valence-corrected chi connectivity index (χ4v) is 10.8. The average molecular weight is 884 g/mol. The number of carbonyl (C=O) groups is 2. The fraction of sp³-hybridized carbons (Fsp3) is 0.417. The number of allylic oxidation sites excluding steroid dienone is 2. The molecule has 0 radical (unpaired) electrons. The molecule has 6 heterocycles. The molecule has 328 valence electrons. The number of nitrogens with one attached hydrogen (secondary N) is 2. The van der Waals surface area contributed by atoms with Gasteiger partial charge in [-0.25, -0.2) is 0 Å². The smallest absolute Gasteiger partial charge is 0.258 e. The SMILES string of the molecule is C/C=C/c1ccc2n(c1=O)C[C@H]1[C@H](CO)[C@@H](C(=O)NCC)[C@@H]2N1Cc1cccc(Cl)c1.C/C=C\c1ccc2n(c1=O)C[C@H]1[C@H](CO)[C@@H](C(=O)NCC)[C@@H]2N1Cc1cccc(Cl)c1. The van der Waals surface area contributed by atoms with E-state index in [1.165, 1.54) is 0 Å². The summed E-state index contributed by atoms with van der Waals surface area (Å²) in [5.41, 5.74) is 4.87. The van der Waals surface area contributed by atoms with Gasteiger partial charge >= 0.3 is 0 Å². The third-order valence-electron chi connectivity index (χ3n) is 12.9. The van der Waals surface area contributed by atoms with Crippen molar-refractivity contribution in [2.24, 2.45) is 23.7 Å². The number of benzene rings is 2. The Labute approximate surface area is 372 Å². The van der Waals surface area contributed by atoms with E-state index in [4.69, 9.17) is 23.2 Å². The van der Waals surface area contributed by atoms with Crippen LogP contribution in [0.4, 0.5) is 0 Å². The predicted octanol–water partition coefficient (Wildman–Crippen LogP) is 5.67. The summed E-state index contributed by atoms with van der Waals surface area (Å²) in [7, 11) is 0. The molecule has 8 rings (SSSR count). The van der Waals surface area contributed by atoms with E-state index >= 15 is 0 Å². The Morgan fingerprint density at radius 3 is 1.40 bits per heavy atom. The van der Waals surface area contributed by atoms with Gasteiger partial charge in [0.2, 0.25) is 11.8 Å². The maximum absolute atomic E-state index is 13.1. The van der Waals surface area contributed by atoms with Crippen molar-refractivity contribution in [2.45, 2.75) is 78.0 Å². The minimum absolute atomic E-state index is 0.0544. The van der Waals surface area contributed by atoms with Crippen molar-refractivity contribution in [3.8, 4) is 0 Å². The van der Waals surface area contributed by atoms with Crippen molar-refractivity contribution in [3.05, 3.63) is 149 Å². The Morgan fingerprint density at radius 2 is 1.06 bits per heavy atom. The van der Waals surface area contributed by atoms with Gasteiger partial charge in [-0.1, -0.05) is 71.8 Å². The third-order valence-corrected chi connectivity index (χ3v) is 13.4. The van der Waals surface area contributed by atoms with Gasteiger partial charge in [0, 0.05) is 109 Å². The maximum atomic E-state index is 13.1. The highest BCUT2D eigenvalue weighted by molar-refractivity contribution is 6.30. The van der Waals surface area contributed by atoms with Crippen molar-refractivity contribution < 1.29 is 19.8 Å². The highest BCUT2D eigenvalue weighted by Gasteiger charge is 2.57. The van der Waals surface area contributed by atoms with Gasteiger partial charge < -0.3 is 30.0 Å². The number of amides is 2. The lowest BCUT2D eigenvalue weighted by molar-refractivity contribution is -0.128. The molecule has 4 aromatic rings. The van der Waals surface area contributed by atoms with Crippen molar-refractivity contribution in [1.29, 1.82) is 0 Å². The monoisotopic (exact) mass is 882 g/mol. The minimum atomic E-state index is -0.435. The van der Waals surface area contributed by atoms with Crippen molar-refractivity contribution in [1.82, 2.24) is 29.6 Å². The van der Waals surface area contributed by atoms with E-state index in [1.54, 1.807) is 21.3 Å². The Balaban J connectivity index is 0.000000186. The Bertz CT molecular complexity index is 2300. The first kappa shape index (κ1) is 45.2. The summed E-state index contributed by atoms with van der Waals surface area (Å²) in [6, 6.07) is 22.1. The molecule has 2 saturated heterocycles. The molecule has 12 nitrogen and oxygen atoms in total. The molecule has 14 heteroatoms. The number of aliphatic hydroxyl groups is 2. The number of aliphatic hydroxyl groups excluding tert-OH is 2. The molecule has 8 atom stereocenters. The molecule has 62 heavy (non-hydrogen) atoms. The second-order valence-corrected chi connectivity index (χ2v) is 17.3. The van der Waals surface area contributed by atoms with Crippen LogP contribution in [0.25, 0.3) is 12.2 Å². The van der Waals surface area contributed by atoms with Crippen LogP contribution < -0.4 is 21.8 Å². The molecule has 2 amide bonds. The lowest BCUT2D eigenvalue weighted by Crippen LogP contribution is -2.46. The van der Waals surface area contributed by atoms with Gasteiger partial charge in [-0.3, -0.25) is 29.0 Å². The topological polar surface area (TPSA) is 149 Å². The second kappa shape index (κ2) is 19.7. The zero-order valence-corrected chi connectivity index (χ0v) is 37.1. The molecular formula is C48H56Cl2N6O6. The summed E-state index contributed by atoms with van der Waals surface area (Å²) >= 11 is 12.4. The summed E-state index contributed by atoms with van der Waals surface area (Å²) in [5.74, 6) is -1.56. The summed E-state index contributed by atoms with van der Waals surface area (Å²) in [6.45, 7) is 10.4. The van der Waals surface area contributed by atoms with Crippen molar-refractivity contribution in [2.75, 3.05) is 26.3 Å². The van der Waals surface area contributed by atoms with Crippen molar-refractivity contribution >= 4 is 47.2 Å². The van der Waals surface area contributed by atoms with Crippen LogP contribution in [0.15, 0.2) is 94.5 Å². The Morgan fingerprint density at radius 1 is 0.661 bits per heavy atom. The van der Waals surface area contributed by atoms with Gasteiger partial charge in [-0.15, -0.1) is 0 Å². The number of aromatic nitrogens is 2. The molecular weight excluding hydrogens is 827 g/mol. The molecule has 2 fully saturated rings. The molecule has 2 aromatic carbocycles. The molecule has 4 N–H and O–H groups in total. The molecule has 4 aliphatic heterocycles. The van der Waals surface area contributed by atoms with Crippen LogP contribution in [0, 0.1) is 23.7 Å². The summed E-state index contributed by atoms with van der Waals surface area (Å²) < 4.78 is 3.59. The highest BCUT2D eigenvalue weighted by Crippen LogP contribution is 2.50. The van der Waals surface area contributed by atoms with Gasteiger partial charge in [-0.05, 0) is 87.4 Å². The second-order valence-electron chi connectivity index (χ2n) is 16.4. The van der Waals surface area contributed by atoms with Crippen LogP contribution in [0.3, 0.4) is 0 Å². The number of nitrogens with zero attached hydrogens (tertiary/aromatic N) is 4. The Kier molecular flexibility index (Phi) is 14.4. The van der Waals surface area contributed by atoms with Gasteiger partial charge in [0.15, 0.2) is 0 Å². The molecule has 4 aliphatic rings. The van der Waals surface area contributed by atoms with Crippen LogP contribution in [0.2, 0.25) is 10.0 Å². The van der Waals surface area contributed by atoms with Crippen LogP contribution >= 0.6 is 23.2 Å². The van der Waals surface area contributed by atoms with E-state index in [2.05, 4.69) is 20.4 Å². The lowest BCUT2D eigenvalue weighted by Gasteiger charge is -2.38. The molecule has 0 aliphatic carbocycles. The number of fused-ring (bicyclic) bond motifs is 8. The number of halogens is 2. The quantitative estimate of drug-likeness (QED) is 0.142. The van der Waals surface area contributed by atoms with E-state index in [0.717, 1.165) is 22.5 Å². The van der Waals surface area contributed by atoms with E-state index in [0.29, 0.717) is 60.4 Å². The van der Waals surface area contributed by atoms with Gasteiger partial charge in [-0.2, -0.15) is 0 Å². The first-order valence-electron chi connectivity index (χ1n) is 21.5. The van der Waals surface area contributed by atoms with Crippen LogP contribution in [0.1, 0.15) is 73.4 Å². The highest BCUT2D eigenvalue weighted by atomic mass is 35.5. The number of hydrogen-bond donors (Lipinski definition) is 4. The van der Waals surface area contributed by atoms with Gasteiger partial charge in [0.05, 0.1) is 23.9 Å². The van der Waals surface area contributed by atoms with E-state index in [1.807, 2.05) is 113 Å². The van der Waals surface area contributed by atoms with E-state index < -0.39 is 11.8 Å². The average Bonchev–Trinajstić information content (AvgIpc) is 3.58. The third kappa shape index (κ3) is 8.61. The van der Waals surface area contributed by atoms with Gasteiger partial charge in [0.25, 0.3) is 11.1 Å². The number of carbonyl (C=O) groups excluding carboxylic acids is 2. The number of pyridine rings is 2. The zero-order valence-electron chi connectivity index (χ0n) is 35.6. The molecule has 4 bridgehead atoms. The molecule has 0 unspecified atom stereocenters. The number of rotatable bonds is 12. The summed E-state index contributed by atoms with van der Waals surface area (Å²) in [5, 5.41) is 27.8. The van der Waals surface area contributed by atoms with Crippen LogP contribution in [-0.2, 0) is 35.8 Å². The first-order valence-corrected chi connectivity index (χ1v) is 22.3. The maximum Gasteiger partial charge on any atom is 0.258 e. The van der Waals surface area contributed by atoms with Crippen LogP contribution in [0.5, 0.6) is 0 Å². The summed E-state index contributed by atoms with van der Waals surface area (Å²) in [6.07, 6.45) is 7.31. The fourth-order valence-electron chi connectivity index (χ4n) is 10.4. The van der Waals surface area contributed by atoms with Crippen LogP contribution in [-0.4, -0.2) is 79.3 Å². The predicted molar refractivity (Wildman–Crippen MR) is 243 cm³/mol. The molecule has 0 spiro atoms. The first-order chi connectivity index (χ1) is 30.0. The summed E-state index contributed by atoms with van der Waals surface area (Å²) in [4.78, 5) is 57.0. The van der Waals surface area contributed by atoms with Gasteiger partial charge in [0.1, 0.15) is 0 Å². The van der Waals surface area contributed by atoms with E-state index in [9.17, 15) is 29.4 Å². The molecule has 0 saturated carbocycles. The van der Waals surface area contributed by atoms with Crippen molar-refractivity contribution in [3.63, 3.8) is 0 Å². The number of hydrogen-bond acceptors (Lipinski definition) is 8. The molecule has 2 aromatic heterocycles. The Hall–Kier alpha value is -4.82. The normalized spacial score (nSPS) is 25.0. The minimum Gasteiger partial charge on any atom is -0.396 e. The largest absolute Gasteiger partial charge is 0.396 e. The van der Waals surface area contributed by atoms with E-state index in [-0.39, 0.29) is 72.1 Å².